The second-order valence-electron chi connectivity index (χ2n) is 7.11. The number of nitrogens with zero attached hydrogens (tertiary/aromatic N) is 1. The van der Waals surface area contributed by atoms with E-state index in [1.165, 1.54) is 37.3 Å². The molecule has 3 aromatic carbocycles. The lowest BCUT2D eigenvalue weighted by Gasteiger charge is -2.22. The molecule has 176 valence electrons. The monoisotopic (exact) mass is 505 g/mol. The zero-order valence-electron chi connectivity index (χ0n) is 17.6. The van der Waals surface area contributed by atoms with Crippen molar-refractivity contribution in [1.29, 1.82) is 0 Å². The van der Waals surface area contributed by atoms with E-state index < -0.39 is 40.1 Å². The van der Waals surface area contributed by atoms with E-state index in [1.54, 1.807) is 24.3 Å². The van der Waals surface area contributed by atoms with Crippen LogP contribution in [0.4, 0.5) is 15.8 Å². The molecule has 0 fully saturated rings. The Bertz CT molecular complexity index is 1210. The number of ketones is 2. The van der Waals surface area contributed by atoms with E-state index in [-0.39, 0.29) is 11.3 Å². The lowest BCUT2D eigenvalue weighted by Crippen LogP contribution is -2.50. The molecular weight excluding hydrogens is 488 g/mol. The van der Waals surface area contributed by atoms with Crippen LogP contribution in [0.3, 0.4) is 0 Å². The average Bonchev–Trinajstić information content (AvgIpc) is 2.80. The largest absolute Gasteiger partial charge is 0.483 e. The van der Waals surface area contributed by atoms with Crippen LogP contribution in [0.1, 0.15) is 17.3 Å². The standard InChI is InChI=1S/C23H18Cl2FN3O5/c1-13(34-18-9-6-16(25)7-10-18)22(30)21(23(31)14-2-4-15(24)5-3-14)28-27-17-8-11-20(29(32)33)19(26)12-17/h2-13,21,27-28H,1H3. The molecule has 3 aromatic rings. The number of benzene rings is 3. The third kappa shape index (κ3) is 6.28. The van der Waals surface area contributed by atoms with Gasteiger partial charge >= 0.3 is 5.69 Å². The highest BCUT2D eigenvalue weighted by molar-refractivity contribution is 6.31. The van der Waals surface area contributed by atoms with Crippen LogP contribution < -0.4 is 15.6 Å². The molecule has 2 atom stereocenters. The maximum atomic E-state index is 14.0. The summed E-state index contributed by atoms with van der Waals surface area (Å²) in [5, 5.41) is 11.7. The summed E-state index contributed by atoms with van der Waals surface area (Å²) < 4.78 is 19.6. The third-order valence-electron chi connectivity index (χ3n) is 4.71. The maximum Gasteiger partial charge on any atom is 0.304 e. The van der Waals surface area contributed by atoms with Crippen molar-refractivity contribution < 1.29 is 23.6 Å². The quantitative estimate of drug-likeness (QED) is 0.167. The Morgan fingerprint density at radius 1 is 1.00 bits per heavy atom. The van der Waals surface area contributed by atoms with E-state index >= 15 is 0 Å². The van der Waals surface area contributed by atoms with E-state index in [9.17, 15) is 24.1 Å². The van der Waals surface area contributed by atoms with Gasteiger partial charge in [-0.25, -0.2) is 5.43 Å². The fourth-order valence-electron chi connectivity index (χ4n) is 2.94. The molecule has 0 saturated carbocycles. The van der Waals surface area contributed by atoms with Crippen LogP contribution in [0.5, 0.6) is 5.75 Å². The smallest absolute Gasteiger partial charge is 0.304 e. The van der Waals surface area contributed by atoms with Gasteiger partial charge in [-0.05, 0) is 61.5 Å². The highest BCUT2D eigenvalue weighted by Gasteiger charge is 2.32. The highest BCUT2D eigenvalue weighted by atomic mass is 35.5. The molecule has 11 heteroatoms. The summed E-state index contributed by atoms with van der Waals surface area (Å²) >= 11 is 11.7. The lowest BCUT2D eigenvalue weighted by molar-refractivity contribution is -0.387. The van der Waals surface area contributed by atoms with Crippen molar-refractivity contribution in [2.45, 2.75) is 19.1 Å². The van der Waals surface area contributed by atoms with Gasteiger partial charge in [0, 0.05) is 27.7 Å². The van der Waals surface area contributed by atoms with Gasteiger partial charge in [-0.2, -0.15) is 4.39 Å². The third-order valence-corrected chi connectivity index (χ3v) is 5.21. The number of anilines is 1. The maximum absolute atomic E-state index is 14.0. The van der Waals surface area contributed by atoms with E-state index in [2.05, 4.69) is 10.9 Å². The molecule has 3 rings (SSSR count). The number of Topliss-reactive ketones (excluding diaryl/α,β-unsaturated/α-hetero) is 2. The minimum Gasteiger partial charge on any atom is -0.483 e. The molecule has 8 nitrogen and oxygen atoms in total. The van der Waals surface area contributed by atoms with Crippen LogP contribution in [0.15, 0.2) is 66.7 Å². The Balaban J connectivity index is 1.82. The molecule has 0 bridgehead atoms. The first-order valence-electron chi connectivity index (χ1n) is 9.87. The zero-order valence-corrected chi connectivity index (χ0v) is 19.1. The van der Waals surface area contributed by atoms with Crippen molar-refractivity contribution in [3.8, 4) is 5.75 Å². The van der Waals surface area contributed by atoms with Gasteiger partial charge in [0.05, 0.1) is 10.6 Å². The summed E-state index contributed by atoms with van der Waals surface area (Å²) in [7, 11) is 0. The number of hydrogen-bond donors (Lipinski definition) is 2. The van der Waals surface area contributed by atoms with E-state index in [4.69, 9.17) is 27.9 Å². The molecule has 2 unspecified atom stereocenters. The van der Waals surface area contributed by atoms with Crippen LogP contribution in [0.25, 0.3) is 0 Å². The van der Waals surface area contributed by atoms with Crippen molar-refractivity contribution in [3.05, 3.63) is 98.3 Å². The molecule has 2 N–H and O–H groups in total. The molecule has 0 heterocycles. The number of nitro groups is 1. The molecule has 0 aliphatic rings. The predicted octanol–water partition coefficient (Wildman–Crippen LogP) is 5.25. The molecule has 0 aliphatic carbocycles. The van der Waals surface area contributed by atoms with E-state index in [0.717, 1.165) is 12.1 Å². The predicted molar refractivity (Wildman–Crippen MR) is 126 cm³/mol. The first-order valence-corrected chi connectivity index (χ1v) is 10.6. The van der Waals surface area contributed by atoms with E-state index in [1.807, 2.05) is 0 Å². The SMILES string of the molecule is CC(Oc1ccc(Cl)cc1)C(=O)C(NNc1ccc([N+](=O)[O-])c(F)c1)C(=O)c1ccc(Cl)cc1. The van der Waals surface area contributed by atoms with Crippen LogP contribution >= 0.6 is 23.2 Å². The number of carbonyl (C=O) groups excluding carboxylic acids is 2. The van der Waals surface area contributed by atoms with Gasteiger partial charge in [0.1, 0.15) is 5.75 Å². The molecule has 0 aliphatic heterocycles. The summed E-state index contributed by atoms with van der Waals surface area (Å²) in [6, 6.07) is 13.9. The molecule has 0 saturated heterocycles. The minimum atomic E-state index is -1.44. The van der Waals surface area contributed by atoms with E-state index in [0.29, 0.717) is 15.8 Å². The number of ether oxygens (including phenoxy) is 1. The highest BCUT2D eigenvalue weighted by Crippen LogP contribution is 2.21. The van der Waals surface area contributed by atoms with Gasteiger partial charge in [-0.15, -0.1) is 0 Å². The fourth-order valence-corrected chi connectivity index (χ4v) is 3.20. The minimum absolute atomic E-state index is 0.0658. The van der Waals surface area contributed by atoms with Crippen LogP contribution in [0, 0.1) is 15.9 Å². The molecule has 0 aromatic heterocycles. The van der Waals surface area contributed by atoms with Crippen molar-refractivity contribution in [2.75, 3.05) is 5.43 Å². The first-order chi connectivity index (χ1) is 16.2. The number of halogens is 3. The summed E-state index contributed by atoms with van der Waals surface area (Å²) in [6.07, 6.45) is -1.05. The van der Waals surface area contributed by atoms with Gasteiger partial charge in [-0.1, -0.05) is 23.2 Å². The molecule has 0 radical (unpaired) electrons. The fraction of sp³-hybridized carbons (Fsp3) is 0.130. The number of hydrogen-bond acceptors (Lipinski definition) is 7. The van der Waals surface area contributed by atoms with Gasteiger partial charge in [0.2, 0.25) is 5.82 Å². The number of hydrazine groups is 1. The summed E-state index contributed by atoms with van der Waals surface area (Å²) in [5.41, 5.74) is 4.71. The van der Waals surface area contributed by atoms with Crippen molar-refractivity contribution in [3.63, 3.8) is 0 Å². The molecule has 0 spiro atoms. The van der Waals surface area contributed by atoms with Crippen LogP contribution in [0.2, 0.25) is 10.0 Å². The second-order valence-corrected chi connectivity index (χ2v) is 7.99. The molecule has 0 amide bonds. The van der Waals surface area contributed by atoms with Crippen molar-refractivity contribution >= 4 is 46.1 Å². The van der Waals surface area contributed by atoms with Crippen molar-refractivity contribution in [1.82, 2.24) is 5.43 Å². The number of carbonyl (C=O) groups is 2. The Morgan fingerprint density at radius 2 is 1.59 bits per heavy atom. The van der Waals surface area contributed by atoms with Gasteiger partial charge in [0.15, 0.2) is 23.7 Å². The number of nitro benzene ring substituents is 1. The second kappa shape index (κ2) is 11.1. The molecular formula is C23H18Cl2FN3O5. The normalized spacial score (nSPS) is 12.5. The Morgan fingerprint density at radius 3 is 2.15 bits per heavy atom. The van der Waals surface area contributed by atoms with Gasteiger partial charge < -0.3 is 10.2 Å². The Hall–Kier alpha value is -3.53. The lowest BCUT2D eigenvalue weighted by atomic mass is 9.98. The summed E-state index contributed by atoms with van der Waals surface area (Å²) in [5.74, 6) is -1.93. The van der Waals surface area contributed by atoms with Crippen molar-refractivity contribution in [2.24, 2.45) is 0 Å². The average molecular weight is 506 g/mol. The van der Waals surface area contributed by atoms with Crippen LogP contribution in [-0.4, -0.2) is 28.6 Å². The van der Waals surface area contributed by atoms with Gasteiger partial charge in [0.25, 0.3) is 0 Å². The first kappa shape index (κ1) is 25.1. The number of rotatable bonds is 10. The van der Waals surface area contributed by atoms with Gasteiger partial charge in [-0.3, -0.25) is 19.7 Å². The zero-order chi connectivity index (χ0) is 24.8. The summed E-state index contributed by atoms with van der Waals surface area (Å²) in [6.45, 7) is 1.48. The Labute approximate surface area is 203 Å². The summed E-state index contributed by atoms with van der Waals surface area (Å²) in [4.78, 5) is 36.2. The van der Waals surface area contributed by atoms with Crippen LogP contribution in [-0.2, 0) is 4.79 Å². The number of nitrogens with one attached hydrogen (secondary N) is 2. The molecule has 34 heavy (non-hydrogen) atoms. The Kier molecular flexibility index (Phi) is 8.17. The topological polar surface area (TPSA) is 111 Å².